The molecule has 2 heterocycles. The Bertz CT molecular complexity index is 678. The Hall–Kier alpha value is -2.14. The third kappa shape index (κ3) is 1.60. The summed E-state index contributed by atoms with van der Waals surface area (Å²) < 4.78 is 1.78. The van der Waals surface area contributed by atoms with Crippen LogP contribution in [0, 0.1) is 0 Å². The van der Waals surface area contributed by atoms with Crippen LogP contribution in [0.1, 0.15) is 0 Å². The molecule has 0 aliphatic rings. The van der Waals surface area contributed by atoms with Gasteiger partial charge in [-0.3, -0.25) is 4.57 Å². The Labute approximate surface area is 101 Å². The highest BCUT2D eigenvalue weighted by Gasteiger charge is 2.09. The van der Waals surface area contributed by atoms with Crippen LogP contribution in [-0.2, 0) is 0 Å². The number of aromatic nitrogens is 4. The molecule has 0 amide bonds. The zero-order valence-corrected chi connectivity index (χ0v) is 9.33. The lowest BCUT2D eigenvalue weighted by Gasteiger charge is -2.03. The average Bonchev–Trinajstić information content (AvgIpc) is 2.75. The molecule has 0 fully saturated rings. The van der Waals surface area contributed by atoms with Crippen molar-refractivity contribution in [3.63, 3.8) is 0 Å². The first-order chi connectivity index (χ1) is 8.25. The molecule has 84 valence electrons. The van der Waals surface area contributed by atoms with Crippen LogP contribution in [0.2, 0.25) is 5.15 Å². The van der Waals surface area contributed by atoms with E-state index >= 15 is 0 Å². The maximum absolute atomic E-state index is 9.24. The molecule has 0 saturated carbocycles. The summed E-state index contributed by atoms with van der Waals surface area (Å²) in [5.74, 6) is 0.214. The molecule has 0 unspecified atom stereocenters. The number of imidazole rings is 1. The van der Waals surface area contributed by atoms with Crippen molar-refractivity contribution in [1.29, 1.82) is 0 Å². The molecule has 0 saturated heterocycles. The summed E-state index contributed by atoms with van der Waals surface area (Å²) in [6, 6.07) is 6.74. The quantitative estimate of drug-likeness (QED) is 0.669. The van der Waals surface area contributed by atoms with E-state index in [0.717, 1.165) is 5.69 Å². The summed E-state index contributed by atoms with van der Waals surface area (Å²) in [6.45, 7) is 0. The maximum Gasteiger partial charge on any atom is 0.169 e. The average molecular weight is 247 g/mol. The molecule has 17 heavy (non-hydrogen) atoms. The number of nitrogens with zero attached hydrogens (tertiary/aromatic N) is 4. The fraction of sp³-hybridized carbons (Fsp3) is 0. The summed E-state index contributed by atoms with van der Waals surface area (Å²) in [5, 5.41) is 9.57. The maximum atomic E-state index is 9.24. The van der Waals surface area contributed by atoms with E-state index in [9.17, 15) is 5.11 Å². The van der Waals surface area contributed by atoms with Gasteiger partial charge < -0.3 is 5.11 Å². The molecule has 1 aromatic carbocycles. The van der Waals surface area contributed by atoms with Gasteiger partial charge in [0.2, 0.25) is 0 Å². The molecule has 5 nitrogen and oxygen atoms in total. The van der Waals surface area contributed by atoms with Crippen LogP contribution < -0.4 is 0 Å². The Kier molecular flexibility index (Phi) is 2.19. The Morgan fingerprint density at radius 3 is 2.59 bits per heavy atom. The zero-order chi connectivity index (χ0) is 11.8. The summed E-state index contributed by atoms with van der Waals surface area (Å²) >= 11 is 5.92. The van der Waals surface area contributed by atoms with Gasteiger partial charge >= 0.3 is 0 Å². The molecule has 0 atom stereocenters. The van der Waals surface area contributed by atoms with E-state index in [1.807, 2.05) is 0 Å². The number of halogens is 1. The number of rotatable bonds is 1. The second-order valence-electron chi connectivity index (χ2n) is 3.47. The molecular weight excluding hydrogens is 240 g/mol. The zero-order valence-electron chi connectivity index (χ0n) is 8.58. The van der Waals surface area contributed by atoms with Crippen molar-refractivity contribution in [2.75, 3.05) is 0 Å². The second-order valence-corrected chi connectivity index (χ2v) is 3.83. The molecule has 6 heteroatoms. The van der Waals surface area contributed by atoms with Crippen LogP contribution in [0.4, 0.5) is 0 Å². The minimum absolute atomic E-state index is 0.214. The number of phenols is 1. The molecule has 0 spiro atoms. The molecule has 3 rings (SSSR count). The summed E-state index contributed by atoms with van der Waals surface area (Å²) in [4.78, 5) is 12.2. The van der Waals surface area contributed by atoms with Crippen LogP contribution in [-0.4, -0.2) is 24.6 Å². The van der Waals surface area contributed by atoms with Crippen LogP contribution in [0.3, 0.4) is 0 Å². The number of phenolic OH excluding ortho intramolecular Hbond substituents is 1. The predicted molar refractivity (Wildman–Crippen MR) is 63.3 cm³/mol. The van der Waals surface area contributed by atoms with Crippen molar-refractivity contribution >= 4 is 22.8 Å². The largest absolute Gasteiger partial charge is 0.508 e. The van der Waals surface area contributed by atoms with Crippen LogP contribution in [0.15, 0.2) is 36.9 Å². The fourth-order valence-electron chi connectivity index (χ4n) is 1.61. The highest BCUT2D eigenvalue weighted by atomic mass is 35.5. The number of benzene rings is 1. The van der Waals surface area contributed by atoms with Crippen molar-refractivity contribution in [3.05, 3.63) is 42.1 Å². The van der Waals surface area contributed by atoms with Gasteiger partial charge in [0.05, 0.1) is 0 Å². The van der Waals surface area contributed by atoms with Crippen molar-refractivity contribution in [2.24, 2.45) is 0 Å². The molecule has 0 radical (unpaired) electrons. The first kappa shape index (κ1) is 10.0. The third-order valence-corrected chi connectivity index (χ3v) is 2.69. The minimum Gasteiger partial charge on any atom is -0.508 e. The van der Waals surface area contributed by atoms with E-state index in [1.54, 1.807) is 35.2 Å². The van der Waals surface area contributed by atoms with Crippen molar-refractivity contribution in [3.8, 4) is 11.4 Å². The van der Waals surface area contributed by atoms with E-state index in [0.29, 0.717) is 16.3 Å². The van der Waals surface area contributed by atoms with Crippen molar-refractivity contribution in [2.45, 2.75) is 0 Å². The van der Waals surface area contributed by atoms with Gasteiger partial charge in [-0.15, -0.1) is 0 Å². The fourth-order valence-corrected chi connectivity index (χ4v) is 1.79. The molecule has 0 aliphatic heterocycles. The SMILES string of the molecule is Oc1ccc(-n2cnc3c(Cl)ncnc32)cc1. The van der Waals surface area contributed by atoms with Crippen molar-refractivity contribution in [1.82, 2.24) is 19.5 Å². The number of hydrogen-bond donors (Lipinski definition) is 1. The first-order valence-corrected chi connectivity index (χ1v) is 5.26. The summed E-state index contributed by atoms with van der Waals surface area (Å²) in [6.07, 6.45) is 3.01. The minimum atomic E-state index is 0.214. The normalized spacial score (nSPS) is 10.9. The highest BCUT2D eigenvalue weighted by Crippen LogP contribution is 2.21. The van der Waals surface area contributed by atoms with E-state index in [4.69, 9.17) is 11.6 Å². The van der Waals surface area contributed by atoms with E-state index < -0.39 is 0 Å². The van der Waals surface area contributed by atoms with Gasteiger partial charge in [-0.25, -0.2) is 15.0 Å². The third-order valence-electron chi connectivity index (χ3n) is 2.42. The Balaban J connectivity index is 2.24. The van der Waals surface area contributed by atoms with Gasteiger partial charge in [0.25, 0.3) is 0 Å². The topological polar surface area (TPSA) is 63.8 Å². The number of fused-ring (bicyclic) bond motifs is 1. The van der Waals surface area contributed by atoms with Gasteiger partial charge in [0, 0.05) is 5.69 Å². The van der Waals surface area contributed by atoms with Gasteiger partial charge in [0.1, 0.15) is 23.9 Å². The molecule has 0 bridgehead atoms. The standard InChI is InChI=1S/C11H7ClN4O/c12-10-9-11(14-5-13-10)16(6-15-9)7-1-3-8(17)4-2-7/h1-6,17H. The monoisotopic (exact) mass is 246 g/mol. The van der Waals surface area contributed by atoms with E-state index in [-0.39, 0.29) is 5.75 Å². The van der Waals surface area contributed by atoms with E-state index in [1.165, 1.54) is 6.33 Å². The van der Waals surface area contributed by atoms with Crippen LogP contribution >= 0.6 is 11.6 Å². The number of hydrogen-bond acceptors (Lipinski definition) is 4. The molecule has 1 N–H and O–H groups in total. The molecular formula is C11H7ClN4O. The van der Waals surface area contributed by atoms with Crippen LogP contribution in [0.5, 0.6) is 5.75 Å². The Morgan fingerprint density at radius 1 is 1.06 bits per heavy atom. The lowest BCUT2D eigenvalue weighted by Crippen LogP contribution is -1.93. The second kappa shape index (κ2) is 3.71. The lowest BCUT2D eigenvalue weighted by atomic mass is 10.3. The molecule has 0 aliphatic carbocycles. The van der Waals surface area contributed by atoms with Gasteiger partial charge in [0.15, 0.2) is 10.8 Å². The van der Waals surface area contributed by atoms with Gasteiger partial charge in [-0.2, -0.15) is 0 Å². The predicted octanol–water partition coefficient (Wildman–Crippen LogP) is 2.17. The molecule has 2 aromatic heterocycles. The summed E-state index contributed by atoms with van der Waals surface area (Å²) in [5.41, 5.74) is 2.04. The van der Waals surface area contributed by atoms with Crippen molar-refractivity contribution < 1.29 is 5.11 Å². The molecule has 3 aromatic rings. The first-order valence-electron chi connectivity index (χ1n) is 4.88. The Morgan fingerprint density at radius 2 is 1.82 bits per heavy atom. The van der Waals surface area contributed by atoms with Gasteiger partial charge in [-0.05, 0) is 24.3 Å². The lowest BCUT2D eigenvalue weighted by molar-refractivity contribution is 0.475. The van der Waals surface area contributed by atoms with Crippen LogP contribution in [0.25, 0.3) is 16.9 Å². The summed E-state index contributed by atoms with van der Waals surface area (Å²) in [7, 11) is 0. The smallest absolute Gasteiger partial charge is 0.169 e. The highest BCUT2D eigenvalue weighted by molar-refractivity contribution is 6.33. The number of aromatic hydroxyl groups is 1. The van der Waals surface area contributed by atoms with E-state index in [2.05, 4.69) is 15.0 Å². The van der Waals surface area contributed by atoms with Gasteiger partial charge in [-0.1, -0.05) is 11.6 Å².